The van der Waals surface area contributed by atoms with Crippen molar-refractivity contribution in [1.82, 2.24) is 14.3 Å². The number of allylic oxidation sites excluding steroid dienone is 1. The summed E-state index contributed by atoms with van der Waals surface area (Å²) in [5.41, 5.74) is 3.12. The Balaban J connectivity index is 1.69. The first-order valence-corrected chi connectivity index (χ1v) is 9.59. The van der Waals surface area contributed by atoms with Crippen LogP contribution in [0.15, 0.2) is 25.0 Å². The van der Waals surface area contributed by atoms with E-state index in [4.69, 9.17) is 16.3 Å². The number of halogens is 1. The molecule has 6 nitrogen and oxygen atoms in total. The fraction of sp³-hybridized carbons (Fsp3) is 0.500. The van der Waals surface area contributed by atoms with Gasteiger partial charge in [0.15, 0.2) is 5.65 Å². The standard InChI is InChI=1S/C20H27ClN4O2/c1-13(2)17-11-22-18-16(10-14(21)12-25(17)18)23-15-6-8-24(9-7-15)19(26)27-20(3,4)5/h10-12,15,23H,1,6-9H2,2-5H3. The summed E-state index contributed by atoms with van der Waals surface area (Å²) in [6.45, 7) is 12.9. The quantitative estimate of drug-likeness (QED) is 0.815. The average molecular weight is 391 g/mol. The van der Waals surface area contributed by atoms with E-state index in [1.54, 1.807) is 4.90 Å². The van der Waals surface area contributed by atoms with Crippen LogP contribution in [0.5, 0.6) is 0 Å². The predicted molar refractivity (Wildman–Crippen MR) is 109 cm³/mol. The van der Waals surface area contributed by atoms with Crippen LogP contribution in [0.1, 0.15) is 46.2 Å². The number of carbonyl (C=O) groups is 1. The number of pyridine rings is 1. The van der Waals surface area contributed by atoms with Gasteiger partial charge in [-0.25, -0.2) is 9.78 Å². The van der Waals surface area contributed by atoms with Gasteiger partial charge in [-0.05, 0) is 52.2 Å². The molecular weight excluding hydrogens is 364 g/mol. The third-order valence-corrected chi connectivity index (χ3v) is 4.72. The number of piperidine rings is 1. The minimum atomic E-state index is -0.472. The van der Waals surface area contributed by atoms with Crippen LogP contribution < -0.4 is 5.32 Å². The van der Waals surface area contributed by atoms with Crippen LogP contribution in [0.2, 0.25) is 5.02 Å². The highest BCUT2D eigenvalue weighted by molar-refractivity contribution is 6.30. The van der Waals surface area contributed by atoms with E-state index in [2.05, 4.69) is 16.9 Å². The summed E-state index contributed by atoms with van der Waals surface area (Å²) in [5, 5.41) is 4.18. The number of nitrogens with zero attached hydrogens (tertiary/aromatic N) is 3. The van der Waals surface area contributed by atoms with Crippen molar-refractivity contribution < 1.29 is 9.53 Å². The van der Waals surface area contributed by atoms with Crippen molar-refractivity contribution in [2.24, 2.45) is 0 Å². The van der Waals surface area contributed by atoms with Gasteiger partial charge in [0, 0.05) is 25.3 Å². The molecule has 0 aliphatic carbocycles. The van der Waals surface area contributed by atoms with Crippen molar-refractivity contribution in [2.75, 3.05) is 18.4 Å². The predicted octanol–water partition coefficient (Wildman–Crippen LogP) is 4.83. The largest absolute Gasteiger partial charge is 0.444 e. The second-order valence-electron chi connectivity index (χ2n) is 8.08. The highest BCUT2D eigenvalue weighted by Crippen LogP contribution is 2.27. The van der Waals surface area contributed by atoms with Gasteiger partial charge in [0.25, 0.3) is 0 Å². The molecule has 3 heterocycles. The lowest BCUT2D eigenvalue weighted by Crippen LogP contribution is -2.44. The number of nitrogens with one attached hydrogen (secondary N) is 1. The summed E-state index contributed by atoms with van der Waals surface area (Å²) >= 11 is 6.31. The van der Waals surface area contributed by atoms with Crippen molar-refractivity contribution >= 4 is 34.6 Å². The zero-order valence-electron chi connectivity index (χ0n) is 16.4. The first-order chi connectivity index (χ1) is 12.6. The Labute approximate surface area is 165 Å². The number of amides is 1. The van der Waals surface area contributed by atoms with E-state index in [1.807, 2.05) is 50.6 Å². The molecule has 1 saturated heterocycles. The molecule has 1 amide bonds. The number of likely N-dealkylation sites (tertiary alicyclic amines) is 1. The van der Waals surface area contributed by atoms with Gasteiger partial charge in [0.05, 0.1) is 22.6 Å². The molecule has 0 aromatic carbocycles. The highest BCUT2D eigenvalue weighted by atomic mass is 35.5. The van der Waals surface area contributed by atoms with E-state index >= 15 is 0 Å². The lowest BCUT2D eigenvalue weighted by molar-refractivity contribution is 0.0210. The Morgan fingerprint density at radius 3 is 2.63 bits per heavy atom. The van der Waals surface area contributed by atoms with Gasteiger partial charge >= 0.3 is 6.09 Å². The van der Waals surface area contributed by atoms with Crippen molar-refractivity contribution in [3.63, 3.8) is 0 Å². The molecule has 146 valence electrons. The van der Waals surface area contributed by atoms with E-state index in [0.29, 0.717) is 18.1 Å². The van der Waals surface area contributed by atoms with Crippen molar-refractivity contribution in [3.05, 3.63) is 35.8 Å². The minimum absolute atomic E-state index is 0.245. The SMILES string of the molecule is C=C(C)c1cnc2c(NC3CCN(C(=O)OC(C)(C)C)CC3)cc(Cl)cn12. The Bertz CT molecular complexity index is 861. The maximum atomic E-state index is 12.2. The van der Waals surface area contributed by atoms with E-state index < -0.39 is 5.60 Å². The monoisotopic (exact) mass is 390 g/mol. The molecule has 2 aromatic rings. The number of carbonyl (C=O) groups excluding carboxylic acids is 1. The van der Waals surface area contributed by atoms with E-state index in [1.165, 1.54) is 0 Å². The number of anilines is 1. The third kappa shape index (κ3) is 4.56. The average Bonchev–Trinajstić information content (AvgIpc) is 2.98. The third-order valence-electron chi connectivity index (χ3n) is 4.52. The van der Waals surface area contributed by atoms with Gasteiger partial charge in [-0.15, -0.1) is 0 Å². The fourth-order valence-electron chi connectivity index (χ4n) is 3.23. The zero-order chi connectivity index (χ0) is 19.8. The molecule has 0 saturated carbocycles. The molecule has 1 N–H and O–H groups in total. The highest BCUT2D eigenvalue weighted by Gasteiger charge is 2.27. The smallest absolute Gasteiger partial charge is 0.410 e. The topological polar surface area (TPSA) is 58.9 Å². The number of ether oxygens (including phenoxy) is 1. The molecule has 3 rings (SSSR count). The van der Waals surface area contributed by atoms with Crippen LogP contribution in [-0.2, 0) is 4.74 Å². The Hall–Kier alpha value is -2.21. The molecule has 0 radical (unpaired) electrons. The lowest BCUT2D eigenvalue weighted by Gasteiger charge is -2.34. The maximum Gasteiger partial charge on any atom is 0.410 e. The normalized spacial score (nSPS) is 15.8. The van der Waals surface area contributed by atoms with E-state index in [-0.39, 0.29) is 12.1 Å². The van der Waals surface area contributed by atoms with Crippen LogP contribution in [-0.4, -0.2) is 45.1 Å². The van der Waals surface area contributed by atoms with Crippen molar-refractivity contribution in [1.29, 1.82) is 0 Å². The summed E-state index contributed by atoms with van der Waals surface area (Å²) < 4.78 is 7.42. The Kier molecular flexibility index (Phi) is 5.38. The second kappa shape index (κ2) is 7.43. The van der Waals surface area contributed by atoms with Crippen LogP contribution in [0, 0.1) is 0 Å². The summed E-state index contributed by atoms with van der Waals surface area (Å²) in [5.74, 6) is 0. The number of hydrogen-bond donors (Lipinski definition) is 1. The second-order valence-corrected chi connectivity index (χ2v) is 8.51. The molecule has 7 heteroatoms. The minimum Gasteiger partial charge on any atom is -0.444 e. The van der Waals surface area contributed by atoms with Crippen molar-refractivity contribution in [3.8, 4) is 0 Å². The van der Waals surface area contributed by atoms with E-state index in [0.717, 1.165) is 35.4 Å². The van der Waals surface area contributed by atoms with Gasteiger partial charge in [0.2, 0.25) is 0 Å². The molecule has 0 bridgehead atoms. The van der Waals surface area contributed by atoms with Gasteiger partial charge in [0.1, 0.15) is 5.60 Å². The fourth-order valence-corrected chi connectivity index (χ4v) is 3.44. The maximum absolute atomic E-state index is 12.2. The van der Waals surface area contributed by atoms with Gasteiger partial charge in [-0.1, -0.05) is 18.2 Å². The van der Waals surface area contributed by atoms with Gasteiger partial charge < -0.3 is 15.0 Å². The van der Waals surface area contributed by atoms with Crippen molar-refractivity contribution in [2.45, 2.75) is 52.2 Å². The lowest BCUT2D eigenvalue weighted by atomic mass is 10.1. The number of rotatable bonds is 3. The first-order valence-electron chi connectivity index (χ1n) is 9.21. The molecular formula is C20H27ClN4O2. The van der Waals surface area contributed by atoms with E-state index in [9.17, 15) is 4.79 Å². The summed E-state index contributed by atoms with van der Waals surface area (Å²) in [6, 6.07) is 2.14. The van der Waals surface area contributed by atoms with Gasteiger partial charge in [-0.2, -0.15) is 0 Å². The molecule has 0 spiro atoms. The summed E-state index contributed by atoms with van der Waals surface area (Å²) in [4.78, 5) is 18.5. The number of hydrogen-bond acceptors (Lipinski definition) is 4. The molecule has 0 atom stereocenters. The van der Waals surface area contributed by atoms with Crippen LogP contribution in [0.4, 0.5) is 10.5 Å². The summed E-state index contributed by atoms with van der Waals surface area (Å²) in [7, 11) is 0. The van der Waals surface area contributed by atoms with Crippen LogP contribution in [0.3, 0.4) is 0 Å². The number of fused-ring (bicyclic) bond motifs is 1. The summed E-state index contributed by atoms with van der Waals surface area (Å²) in [6.07, 6.45) is 5.09. The zero-order valence-corrected chi connectivity index (χ0v) is 17.1. The first kappa shape index (κ1) is 19.5. The van der Waals surface area contributed by atoms with Gasteiger partial charge in [-0.3, -0.25) is 4.40 Å². The number of aromatic nitrogens is 2. The molecule has 1 aliphatic heterocycles. The molecule has 27 heavy (non-hydrogen) atoms. The molecule has 2 aromatic heterocycles. The Morgan fingerprint density at radius 2 is 2.04 bits per heavy atom. The number of imidazole rings is 1. The molecule has 1 aliphatic rings. The molecule has 0 unspecified atom stereocenters. The van der Waals surface area contributed by atoms with Crippen LogP contribution >= 0.6 is 11.6 Å². The molecule has 1 fully saturated rings. The Morgan fingerprint density at radius 1 is 1.37 bits per heavy atom. The van der Waals surface area contributed by atoms with Crippen LogP contribution in [0.25, 0.3) is 11.2 Å².